The Bertz CT molecular complexity index is 531. The monoisotopic (exact) mass is 293 g/mol. The second-order valence-electron chi connectivity index (χ2n) is 4.28. The van der Waals surface area contributed by atoms with Crippen LogP contribution in [0, 0.1) is 10.1 Å². The zero-order chi connectivity index (χ0) is 15.8. The SMILES string of the molecule is C=CCN(CCO)c1ccc(C(=O)NCC)cc1[N+](=O)[O-]. The van der Waals surface area contributed by atoms with Gasteiger partial charge in [0, 0.05) is 31.3 Å². The van der Waals surface area contributed by atoms with Crippen LogP contribution < -0.4 is 10.2 Å². The Morgan fingerprint density at radius 1 is 1.57 bits per heavy atom. The molecule has 114 valence electrons. The molecule has 0 aliphatic heterocycles. The maximum Gasteiger partial charge on any atom is 0.293 e. The summed E-state index contributed by atoms with van der Waals surface area (Å²) >= 11 is 0. The molecule has 7 heteroatoms. The Morgan fingerprint density at radius 3 is 2.81 bits per heavy atom. The van der Waals surface area contributed by atoms with Gasteiger partial charge in [0.2, 0.25) is 0 Å². The molecule has 0 aliphatic carbocycles. The van der Waals surface area contributed by atoms with E-state index in [0.717, 1.165) is 0 Å². The van der Waals surface area contributed by atoms with E-state index in [4.69, 9.17) is 5.11 Å². The third-order valence-corrected chi connectivity index (χ3v) is 2.83. The molecule has 0 atom stereocenters. The quantitative estimate of drug-likeness (QED) is 0.428. The van der Waals surface area contributed by atoms with Gasteiger partial charge in [-0.15, -0.1) is 6.58 Å². The molecule has 1 amide bonds. The van der Waals surface area contributed by atoms with Gasteiger partial charge in [-0.2, -0.15) is 0 Å². The van der Waals surface area contributed by atoms with Crippen molar-refractivity contribution in [2.24, 2.45) is 0 Å². The average Bonchev–Trinajstić information content (AvgIpc) is 2.46. The van der Waals surface area contributed by atoms with Crippen molar-refractivity contribution in [3.05, 3.63) is 46.5 Å². The zero-order valence-corrected chi connectivity index (χ0v) is 11.9. The number of benzene rings is 1. The van der Waals surface area contributed by atoms with E-state index in [0.29, 0.717) is 18.8 Å². The van der Waals surface area contributed by atoms with Gasteiger partial charge in [-0.05, 0) is 19.1 Å². The lowest BCUT2D eigenvalue weighted by molar-refractivity contribution is -0.384. The smallest absolute Gasteiger partial charge is 0.293 e. The third kappa shape index (κ3) is 4.28. The standard InChI is InChI=1S/C14H19N3O4/c1-3-7-16(8-9-18)12-6-5-11(14(19)15-4-2)10-13(12)17(20)21/h3,5-6,10,18H,1,4,7-9H2,2H3,(H,15,19). The van der Waals surface area contributed by atoms with E-state index in [-0.39, 0.29) is 30.3 Å². The van der Waals surface area contributed by atoms with Crippen LogP contribution in [-0.2, 0) is 0 Å². The Labute approximate surface area is 123 Å². The number of hydrogen-bond acceptors (Lipinski definition) is 5. The summed E-state index contributed by atoms with van der Waals surface area (Å²) in [4.78, 5) is 24.1. The van der Waals surface area contributed by atoms with E-state index in [1.165, 1.54) is 18.2 Å². The minimum Gasteiger partial charge on any atom is -0.395 e. The van der Waals surface area contributed by atoms with Gasteiger partial charge in [-0.25, -0.2) is 0 Å². The molecule has 0 fully saturated rings. The second kappa shape index (κ2) is 8.01. The Kier molecular flexibility index (Phi) is 6.35. The van der Waals surface area contributed by atoms with Crippen molar-refractivity contribution in [1.29, 1.82) is 0 Å². The van der Waals surface area contributed by atoms with Gasteiger partial charge in [0.05, 0.1) is 11.5 Å². The predicted octanol–water partition coefficient (Wildman–Crippen LogP) is 1.33. The van der Waals surface area contributed by atoms with Crippen LogP contribution in [0.5, 0.6) is 0 Å². The van der Waals surface area contributed by atoms with Gasteiger partial charge in [-0.1, -0.05) is 6.08 Å². The first-order valence-electron chi connectivity index (χ1n) is 6.58. The maximum absolute atomic E-state index is 11.7. The van der Waals surface area contributed by atoms with Crippen molar-refractivity contribution >= 4 is 17.3 Å². The van der Waals surface area contributed by atoms with E-state index in [1.807, 2.05) is 0 Å². The van der Waals surface area contributed by atoms with E-state index in [2.05, 4.69) is 11.9 Å². The average molecular weight is 293 g/mol. The van der Waals surface area contributed by atoms with Crippen molar-refractivity contribution in [2.75, 3.05) is 31.1 Å². The highest BCUT2D eigenvalue weighted by Crippen LogP contribution is 2.29. The number of carbonyl (C=O) groups excluding carboxylic acids is 1. The van der Waals surface area contributed by atoms with Gasteiger partial charge in [0.1, 0.15) is 5.69 Å². The van der Waals surface area contributed by atoms with Crippen LogP contribution >= 0.6 is 0 Å². The summed E-state index contributed by atoms with van der Waals surface area (Å²) in [5.74, 6) is -0.357. The fourth-order valence-corrected chi connectivity index (χ4v) is 1.93. The molecule has 0 unspecified atom stereocenters. The van der Waals surface area contributed by atoms with Gasteiger partial charge in [0.25, 0.3) is 11.6 Å². The molecule has 0 aromatic heterocycles. The molecule has 21 heavy (non-hydrogen) atoms. The molecular weight excluding hydrogens is 274 g/mol. The van der Waals surface area contributed by atoms with Gasteiger partial charge in [-0.3, -0.25) is 14.9 Å². The fourth-order valence-electron chi connectivity index (χ4n) is 1.93. The predicted molar refractivity (Wildman–Crippen MR) is 80.6 cm³/mol. The van der Waals surface area contributed by atoms with Crippen LogP contribution in [0.3, 0.4) is 0 Å². The zero-order valence-electron chi connectivity index (χ0n) is 11.9. The minimum absolute atomic E-state index is 0.136. The van der Waals surface area contributed by atoms with Gasteiger partial charge in [0.15, 0.2) is 0 Å². The number of nitrogens with zero attached hydrogens (tertiary/aromatic N) is 2. The topological polar surface area (TPSA) is 95.7 Å². The van der Waals surface area contributed by atoms with E-state index < -0.39 is 4.92 Å². The number of nitro groups is 1. The molecule has 0 saturated heterocycles. The van der Waals surface area contributed by atoms with Crippen molar-refractivity contribution in [2.45, 2.75) is 6.92 Å². The highest BCUT2D eigenvalue weighted by molar-refractivity contribution is 5.95. The van der Waals surface area contributed by atoms with Crippen LogP contribution in [-0.4, -0.2) is 42.2 Å². The minimum atomic E-state index is -0.536. The molecule has 0 aliphatic rings. The molecule has 0 bridgehead atoms. The molecule has 7 nitrogen and oxygen atoms in total. The first kappa shape index (κ1) is 16.6. The number of aliphatic hydroxyl groups excluding tert-OH is 1. The van der Waals surface area contributed by atoms with E-state index in [9.17, 15) is 14.9 Å². The first-order valence-corrected chi connectivity index (χ1v) is 6.58. The van der Waals surface area contributed by atoms with Crippen LogP contribution in [0.15, 0.2) is 30.9 Å². The van der Waals surface area contributed by atoms with Gasteiger partial charge < -0.3 is 15.3 Å². The van der Waals surface area contributed by atoms with Crippen molar-refractivity contribution < 1.29 is 14.8 Å². The van der Waals surface area contributed by atoms with Gasteiger partial charge >= 0.3 is 0 Å². The Hall–Kier alpha value is -2.41. The number of nitro benzene ring substituents is 1. The number of anilines is 1. The second-order valence-corrected chi connectivity index (χ2v) is 4.28. The normalized spacial score (nSPS) is 10.0. The Morgan fingerprint density at radius 2 is 2.29 bits per heavy atom. The maximum atomic E-state index is 11.7. The number of nitrogens with one attached hydrogen (secondary N) is 1. The summed E-state index contributed by atoms with van der Waals surface area (Å²) in [7, 11) is 0. The van der Waals surface area contributed by atoms with Crippen molar-refractivity contribution in [3.63, 3.8) is 0 Å². The third-order valence-electron chi connectivity index (χ3n) is 2.83. The largest absolute Gasteiger partial charge is 0.395 e. The fraction of sp³-hybridized carbons (Fsp3) is 0.357. The highest BCUT2D eigenvalue weighted by atomic mass is 16.6. The van der Waals surface area contributed by atoms with Crippen molar-refractivity contribution in [1.82, 2.24) is 5.32 Å². The summed E-state index contributed by atoms with van der Waals surface area (Å²) in [6.07, 6.45) is 1.59. The van der Waals surface area contributed by atoms with Crippen molar-refractivity contribution in [3.8, 4) is 0 Å². The summed E-state index contributed by atoms with van der Waals surface area (Å²) in [6, 6.07) is 4.29. The lowest BCUT2D eigenvalue weighted by Crippen LogP contribution is -2.28. The Balaban J connectivity index is 3.22. The van der Waals surface area contributed by atoms with Crippen LogP contribution in [0.4, 0.5) is 11.4 Å². The van der Waals surface area contributed by atoms with E-state index in [1.54, 1.807) is 17.9 Å². The number of hydrogen-bond donors (Lipinski definition) is 2. The molecule has 0 saturated carbocycles. The molecular formula is C14H19N3O4. The summed E-state index contributed by atoms with van der Waals surface area (Å²) in [6.45, 7) is 6.28. The first-order chi connectivity index (χ1) is 10.0. The highest BCUT2D eigenvalue weighted by Gasteiger charge is 2.21. The summed E-state index contributed by atoms with van der Waals surface area (Å²) in [5.41, 5.74) is 0.408. The molecule has 0 heterocycles. The number of aliphatic hydroxyl groups is 1. The molecule has 0 spiro atoms. The molecule has 2 N–H and O–H groups in total. The summed E-state index contributed by atoms with van der Waals surface area (Å²) in [5, 5.41) is 22.9. The molecule has 1 aromatic rings. The lowest BCUT2D eigenvalue weighted by atomic mass is 10.1. The van der Waals surface area contributed by atoms with E-state index >= 15 is 0 Å². The van der Waals surface area contributed by atoms with Crippen LogP contribution in [0.25, 0.3) is 0 Å². The van der Waals surface area contributed by atoms with Crippen LogP contribution in [0.2, 0.25) is 0 Å². The molecule has 0 radical (unpaired) electrons. The molecule has 1 rings (SSSR count). The lowest BCUT2D eigenvalue weighted by Gasteiger charge is -2.22. The number of carbonyl (C=O) groups is 1. The summed E-state index contributed by atoms with van der Waals surface area (Å²) < 4.78 is 0. The number of rotatable bonds is 8. The number of amides is 1. The van der Waals surface area contributed by atoms with Crippen LogP contribution in [0.1, 0.15) is 17.3 Å². The molecule has 1 aromatic carbocycles.